The highest BCUT2D eigenvalue weighted by molar-refractivity contribution is 4.94. The standard InChI is InChI=1S/C8H13NO4/c1-8(4-2-3-5-13-8)7(10)6-9(11)12/h3,5,7,10H,2,4,6H2,1H3/t7-,8+/m1/s1. The minimum Gasteiger partial charge on any atom is -0.493 e. The van der Waals surface area contributed by atoms with E-state index in [0.29, 0.717) is 6.42 Å². The van der Waals surface area contributed by atoms with Gasteiger partial charge in [0.15, 0.2) is 6.10 Å². The molecule has 1 N–H and O–H groups in total. The lowest BCUT2D eigenvalue weighted by atomic mass is 9.92. The van der Waals surface area contributed by atoms with E-state index in [1.165, 1.54) is 6.26 Å². The Hall–Kier alpha value is -1.10. The Labute approximate surface area is 76.2 Å². The van der Waals surface area contributed by atoms with Crippen LogP contribution in [0.1, 0.15) is 19.8 Å². The van der Waals surface area contributed by atoms with Gasteiger partial charge in [-0.3, -0.25) is 10.1 Å². The van der Waals surface area contributed by atoms with E-state index in [1.807, 2.05) is 6.08 Å². The average Bonchev–Trinajstić information content (AvgIpc) is 2.04. The zero-order valence-electron chi connectivity index (χ0n) is 7.47. The van der Waals surface area contributed by atoms with Crippen LogP contribution in [0.15, 0.2) is 12.3 Å². The number of allylic oxidation sites excluding steroid dienone is 1. The summed E-state index contributed by atoms with van der Waals surface area (Å²) in [5, 5.41) is 19.7. The molecule has 5 nitrogen and oxygen atoms in total. The van der Waals surface area contributed by atoms with Crippen LogP contribution in [0.4, 0.5) is 0 Å². The van der Waals surface area contributed by atoms with Crippen LogP contribution in [0.3, 0.4) is 0 Å². The van der Waals surface area contributed by atoms with Crippen LogP contribution in [0.2, 0.25) is 0 Å². The smallest absolute Gasteiger partial charge is 0.233 e. The van der Waals surface area contributed by atoms with Crippen LogP contribution < -0.4 is 0 Å². The molecule has 0 saturated carbocycles. The first kappa shape index (κ1) is 9.98. The van der Waals surface area contributed by atoms with Crippen molar-refractivity contribution >= 4 is 0 Å². The van der Waals surface area contributed by atoms with E-state index in [0.717, 1.165) is 6.42 Å². The van der Waals surface area contributed by atoms with E-state index < -0.39 is 23.2 Å². The zero-order valence-corrected chi connectivity index (χ0v) is 7.47. The molecular formula is C8H13NO4. The molecule has 0 saturated heterocycles. The van der Waals surface area contributed by atoms with Gasteiger partial charge in [0.1, 0.15) is 5.60 Å². The molecule has 0 amide bonds. The Morgan fingerprint density at radius 2 is 2.54 bits per heavy atom. The first-order chi connectivity index (χ1) is 6.04. The van der Waals surface area contributed by atoms with Gasteiger partial charge < -0.3 is 9.84 Å². The highest BCUT2D eigenvalue weighted by Gasteiger charge is 2.38. The molecule has 0 aromatic rings. The third kappa shape index (κ3) is 2.42. The highest BCUT2D eigenvalue weighted by atomic mass is 16.6. The number of nitrogens with zero attached hydrogens (tertiary/aromatic N) is 1. The van der Waals surface area contributed by atoms with Crippen molar-refractivity contribution in [2.75, 3.05) is 6.54 Å². The molecule has 0 radical (unpaired) electrons. The molecule has 1 aliphatic rings. The Balaban J connectivity index is 2.57. The summed E-state index contributed by atoms with van der Waals surface area (Å²) >= 11 is 0. The van der Waals surface area contributed by atoms with Crippen LogP contribution in [0.25, 0.3) is 0 Å². The van der Waals surface area contributed by atoms with E-state index in [-0.39, 0.29) is 0 Å². The van der Waals surface area contributed by atoms with Gasteiger partial charge in [0, 0.05) is 4.92 Å². The van der Waals surface area contributed by atoms with Crippen molar-refractivity contribution in [1.29, 1.82) is 0 Å². The van der Waals surface area contributed by atoms with Gasteiger partial charge in [-0.1, -0.05) is 0 Å². The van der Waals surface area contributed by atoms with E-state index in [1.54, 1.807) is 6.92 Å². The largest absolute Gasteiger partial charge is 0.493 e. The molecule has 0 bridgehead atoms. The summed E-state index contributed by atoms with van der Waals surface area (Å²) in [6.45, 7) is 1.22. The number of hydrogen-bond donors (Lipinski definition) is 1. The van der Waals surface area contributed by atoms with Crippen molar-refractivity contribution in [1.82, 2.24) is 0 Å². The lowest BCUT2D eigenvalue weighted by molar-refractivity contribution is -0.495. The molecular weight excluding hydrogens is 174 g/mol. The molecule has 0 unspecified atom stereocenters. The summed E-state index contributed by atoms with van der Waals surface area (Å²) in [6.07, 6.45) is 3.67. The maximum atomic E-state index is 10.2. The van der Waals surface area contributed by atoms with E-state index in [2.05, 4.69) is 0 Å². The molecule has 0 fully saturated rings. The van der Waals surface area contributed by atoms with Crippen molar-refractivity contribution < 1.29 is 14.8 Å². The van der Waals surface area contributed by atoms with Gasteiger partial charge in [-0.2, -0.15) is 0 Å². The number of aliphatic hydroxyl groups is 1. The second-order valence-corrected chi connectivity index (χ2v) is 3.37. The van der Waals surface area contributed by atoms with Crippen LogP contribution in [0.5, 0.6) is 0 Å². The minimum atomic E-state index is -1.05. The molecule has 74 valence electrons. The summed E-state index contributed by atoms with van der Waals surface area (Å²) in [4.78, 5) is 9.64. The average molecular weight is 187 g/mol. The Bertz CT molecular complexity index is 228. The Morgan fingerprint density at radius 1 is 1.85 bits per heavy atom. The van der Waals surface area contributed by atoms with Gasteiger partial charge in [0.05, 0.1) is 6.26 Å². The zero-order chi connectivity index (χ0) is 9.90. The molecule has 0 aromatic heterocycles. The summed E-state index contributed by atoms with van der Waals surface area (Å²) in [5.74, 6) is 0. The molecule has 1 heterocycles. The van der Waals surface area contributed by atoms with Gasteiger partial charge in [-0.25, -0.2) is 0 Å². The topological polar surface area (TPSA) is 72.6 Å². The molecule has 0 aromatic carbocycles. The minimum absolute atomic E-state index is 0.468. The third-order valence-electron chi connectivity index (χ3n) is 2.27. The molecule has 0 aliphatic carbocycles. The Kier molecular flexibility index (Phi) is 2.87. The van der Waals surface area contributed by atoms with Crippen LogP contribution in [-0.2, 0) is 4.74 Å². The van der Waals surface area contributed by atoms with Gasteiger partial charge >= 0.3 is 0 Å². The fraction of sp³-hybridized carbons (Fsp3) is 0.750. The molecule has 1 aliphatic heterocycles. The maximum Gasteiger partial charge on any atom is 0.233 e. The van der Waals surface area contributed by atoms with Crippen LogP contribution >= 0.6 is 0 Å². The second-order valence-electron chi connectivity index (χ2n) is 3.37. The van der Waals surface area contributed by atoms with Crippen molar-refractivity contribution in [3.8, 4) is 0 Å². The number of ether oxygens (including phenoxy) is 1. The second kappa shape index (κ2) is 3.74. The van der Waals surface area contributed by atoms with Gasteiger partial charge in [-0.15, -0.1) is 0 Å². The normalized spacial score (nSPS) is 29.4. The number of aliphatic hydroxyl groups excluding tert-OH is 1. The first-order valence-electron chi connectivity index (χ1n) is 4.17. The van der Waals surface area contributed by atoms with E-state index >= 15 is 0 Å². The van der Waals surface area contributed by atoms with E-state index in [4.69, 9.17) is 4.74 Å². The SMILES string of the molecule is C[C@@]1([C@H](O)C[N+](=O)[O-])CCC=CO1. The van der Waals surface area contributed by atoms with Crippen LogP contribution in [-0.4, -0.2) is 28.3 Å². The predicted octanol–water partition coefficient (Wildman–Crippen LogP) is 0.707. The quantitative estimate of drug-likeness (QED) is 0.521. The molecule has 1 rings (SSSR count). The summed E-state index contributed by atoms with van der Waals surface area (Å²) in [5.41, 5.74) is -0.804. The Morgan fingerprint density at radius 3 is 3.00 bits per heavy atom. The highest BCUT2D eigenvalue weighted by Crippen LogP contribution is 2.26. The molecule has 5 heteroatoms. The fourth-order valence-corrected chi connectivity index (χ4v) is 1.28. The van der Waals surface area contributed by atoms with Gasteiger partial charge in [0.2, 0.25) is 6.54 Å². The van der Waals surface area contributed by atoms with Gasteiger partial charge in [0.25, 0.3) is 0 Å². The predicted molar refractivity (Wildman–Crippen MR) is 45.7 cm³/mol. The lowest BCUT2D eigenvalue weighted by Gasteiger charge is -2.33. The maximum absolute atomic E-state index is 10.2. The molecule has 0 spiro atoms. The number of nitro groups is 1. The lowest BCUT2D eigenvalue weighted by Crippen LogP contribution is -2.45. The third-order valence-corrected chi connectivity index (χ3v) is 2.27. The molecule has 13 heavy (non-hydrogen) atoms. The van der Waals surface area contributed by atoms with Gasteiger partial charge in [-0.05, 0) is 25.8 Å². The van der Waals surface area contributed by atoms with Crippen molar-refractivity contribution in [2.45, 2.75) is 31.5 Å². The summed E-state index contributed by atoms with van der Waals surface area (Å²) in [6, 6.07) is 0. The van der Waals surface area contributed by atoms with Crippen molar-refractivity contribution in [3.63, 3.8) is 0 Å². The van der Waals surface area contributed by atoms with Crippen molar-refractivity contribution in [3.05, 3.63) is 22.5 Å². The fourth-order valence-electron chi connectivity index (χ4n) is 1.28. The monoisotopic (exact) mass is 187 g/mol. The van der Waals surface area contributed by atoms with Crippen molar-refractivity contribution in [2.24, 2.45) is 0 Å². The number of hydrogen-bond acceptors (Lipinski definition) is 4. The molecule has 2 atom stereocenters. The summed E-state index contributed by atoms with van der Waals surface area (Å²) < 4.78 is 5.19. The van der Waals surface area contributed by atoms with E-state index in [9.17, 15) is 15.2 Å². The van der Waals surface area contributed by atoms with Crippen LogP contribution in [0, 0.1) is 10.1 Å². The first-order valence-corrected chi connectivity index (χ1v) is 4.17. The number of rotatable bonds is 3. The summed E-state index contributed by atoms with van der Waals surface area (Å²) in [7, 11) is 0.